The Balaban J connectivity index is 2.92. The summed E-state index contributed by atoms with van der Waals surface area (Å²) in [5.41, 5.74) is -6.00. The van der Waals surface area contributed by atoms with E-state index in [1.165, 1.54) is 4.90 Å². The maximum atomic E-state index is 12.4. The molecule has 1 amide bonds. The van der Waals surface area contributed by atoms with Gasteiger partial charge in [-0.15, -0.1) is 0 Å². The molecule has 1 rings (SSSR count). The zero-order valence-electron chi connectivity index (χ0n) is 13.1. The second-order valence-corrected chi connectivity index (χ2v) is 8.07. The third-order valence-electron chi connectivity index (χ3n) is 3.80. The summed E-state index contributed by atoms with van der Waals surface area (Å²) >= 11 is 0. The van der Waals surface area contributed by atoms with E-state index in [4.69, 9.17) is 0 Å². The molecule has 2 unspecified atom stereocenters. The van der Waals surface area contributed by atoms with Gasteiger partial charge in [0.25, 0.3) is 0 Å². The number of carboxylic acid groups (broad SMARTS) is 1. The van der Waals surface area contributed by atoms with Crippen LogP contribution in [-0.4, -0.2) is 42.6 Å². The van der Waals surface area contributed by atoms with Crippen LogP contribution in [0.15, 0.2) is 12.3 Å². The third-order valence-corrected chi connectivity index (χ3v) is 4.80. The van der Waals surface area contributed by atoms with Gasteiger partial charge in [-0.05, 0) is 18.3 Å². The van der Waals surface area contributed by atoms with Crippen LogP contribution < -0.4 is 0 Å². The summed E-state index contributed by atoms with van der Waals surface area (Å²) in [6, 6.07) is -0.493. The van der Waals surface area contributed by atoms with Gasteiger partial charge in [-0.1, -0.05) is 27.4 Å². The highest BCUT2D eigenvalue weighted by atomic mass is 32.2. The number of hydrogen-bond acceptors (Lipinski definition) is 4. The van der Waals surface area contributed by atoms with E-state index in [2.05, 4.69) is 10.8 Å². The van der Waals surface area contributed by atoms with Crippen molar-refractivity contribution in [2.24, 2.45) is 11.3 Å². The first-order valence-electron chi connectivity index (χ1n) is 6.86. The molecule has 0 radical (unpaired) electrons. The van der Waals surface area contributed by atoms with Crippen molar-refractivity contribution in [1.82, 2.24) is 4.90 Å². The van der Waals surface area contributed by atoms with Crippen LogP contribution in [0.25, 0.3) is 0 Å². The largest absolute Gasteiger partial charge is 0.534 e. The Morgan fingerprint density at radius 1 is 1.30 bits per heavy atom. The summed E-state index contributed by atoms with van der Waals surface area (Å²) in [6.45, 7) is 8.76. The van der Waals surface area contributed by atoms with Gasteiger partial charge in [-0.2, -0.15) is 21.6 Å². The zero-order chi connectivity index (χ0) is 18.2. The van der Waals surface area contributed by atoms with E-state index in [1.54, 1.807) is 20.8 Å². The Labute approximate surface area is 133 Å². The molecule has 0 aromatic heterocycles. The van der Waals surface area contributed by atoms with E-state index in [9.17, 15) is 31.5 Å². The third kappa shape index (κ3) is 4.52. The molecule has 0 aromatic rings. The fourth-order valence-electron chi connectivity index (χ4n) is 2.56. The molecule has 1 aliphatic rings. The quantitative estimate of drug-likeness (QED) is 0.475. The lowest BCUT2D eigenvalue weighted by Crippen LogP contribution is -2.52. The van der Waals surface area contributed by atoms with Gasteiger partial charge in [0.15, 0.2) is 0 Å². The number of hydrogen-bond donors (Lipinski definition) is 1. The molecule has 23 heavy (non-hydrogen) atoms. The van der Waals surface area contributed by atoms with Gasteiger partial charge in [0.1, 0.15) is 5.76 Å². The highest BCUT2D eigenvalue weighted by molar-refractivity contribution is 7.87. The van der Waals surface area contributed by atoms with Crippen molar-refractivity contribution >= 4 is 16.2 Å². The Hall–Kier alpha value is -1.45. The molecule has 2 atom stereocenters. The SMILES string of the molecule is C=C(OS(=O)(=O)C(F)(F)F)C1CCN(C(=O)O)C(C(C)(C)C)C1. The molecule has 0 aromatic carbocycles. The topological polar surface area (TPSA) is 83.9 Å². The highest BCUT2D eigenvalue weighted by Gasteiger charge is 2.49. The molecule has 1 N–H and O–H groups in total. The lowest BCUT2D eigenvalue weighted by atomic mass is 9.76. The number of halogens is 3. The first-order chi connectivity index (χ1) is 10.2. The maximum Gasteiger partial charge on any atom is 0.534 e. The fourth-order valence-corrected chi connectivity index (χ4v) is 3.08. The van der Waals surface area contributed by atoms with E-state index in [0.717, 1.165) is 0 Å². The van der Waals surface area contributed by atoms with Crippen LogP contribution >= 0.6 is 0 Å². The number of rotatable bonds is 3. The Bertz CT molecular complexity index is 579. The molecule has 0 spiro atoms. The summed E-state index contributed by atoms with van der Waals surface area (Å²) in [4.78, 5) is 12.5. The van der Waals surface area contributed by atoms with Gasteiger partial charge in [0, 0.05) is 18.5 Å². The second-order valence-electron chi connectivity index (χ2n) is 6.53. The minimum Gasteiger partial charge on any atom is -0.465 e. The van der Waals surface area contributed by atoms with Crippen molar-refractivity contribution < 1.29 is 35.7 Å². The normalized spacial score (nSPS) is 23.5. The summed E-state index contributed by atoms with van der Waals surface area (Å²) in [7, 11) is -5.76. The first-order valence-corrected chi connectivity index (χ1v) is 8.26. The van der Waals surface area contributed by atoms with E-state index < -0.39 is 44.9 Å². The number of carbonyl (C=O) groups is 1. The standard InChI is InChI=1S/C13H20F3NO5S/c1-8(22-23(20,21)13(14,15)16)9-5-6-17(11(18)19)10(7-9)12(2,3)4/h9-10H,1,5-7H2,2-4H3,(H,18,19). The van der Waals surface area contributed by atoms with Gasteiger partial charge < -0.3 is 14.2 Å². The van der Waals surface area contributed by atoms with Crippen molar-refractivity contribution in [2.75, 3.05) is 6.54 Å². The molecule has 10 heteroatoms. The highest BCUT2D eigenvalue weighted by Crippen LogP contribution is 2.38. The van der Waals surface area contributed by atoms with Gasteiger partial charge >= 0.3 is 21.7 Å². The minimum atomic E-state index is -5.76. The van der Waals surface area contributed by atoms with Crippen LogP contribution in [0.5, 0.6) is 0 Å². The molecule has 1 aliphatic heterocycles. The first kappa shape index (κ1) is 19.6. The monoisotopic (exact) mass is 359 g/mol. The maximum absolute atomic E-state index is 12.4. The average molecular weight is 359 g/mol. The van der Waals surface area contributed by atoms with Crippen molar-refractivity contribution in [1.29, 1.82) is 0 Å². The minimum absolute atomic E-state index is 0.0659. The summed E-state index contributed by atoms with van der Waals surface area (Å²) < 4.78 is 63.2. The van der Waals surface area contributed by atoms with E-state index >= 15 is 0 Å². The van der Waals surface area contributed by atoms with Gasteiger partial charge in [0.2, 0.25) is 0 Å². The van der Waals surface area contributed by atoms with Crippen molar-refractivity contribution in [3.8, 4) is 0 Å². The lowest BCUT2D eigenvalue weighted by molar-refractivity contribution is -0.0531. The van der Waals surface area contributed by atoms with Crippen LogP contribution in [-0.2, 0) is 14.3 Å². The van der Waals surface area contributed by atoms with E-state index in [-0.39, 0.29) is 19.4 Å². The number of amides is 1. The predicted molar refractivity (Wildman–Crippen MR) is 75.9 cm³/mol. The molecule has 1 saturated heterocycles. The van der Waals surface area contributed by atoms with Crippen LogP contribution in [0, 0.1) is 11.3 Å². The second kappa shape index (κ2) is 6.21. The fraction of sp³-hybridized carbons (Fsp3) is 0.769. The molecule has 1 heterocycles. The molecule has 1 fully saturated rings. The number of alkyl halides is 3. The molecular weight excluding hydrogens is 339 g/mol. The Kier molecular flexibility index (Phi) is 5.30. The number of allylic oxidation sites excluding steroid dienone is 1. The van der Waals surface area contributed by atoms with E-state index in [1.807, 2.05) is 0 Å². The summed E-state index contributed by atoms with van der Waals surface area (Å²) in [6.07, 6.45) is -0.842. The van der Waals surface area contributed by atoms with Crippen molar-refractivity contribution in [3.63, 3.8) is 0 Å². The van der Waals surface area contributed by atoms with Gasteiger partial charge in [-0.3, -0.25) is 0 Å². The lowest BCUT2D eigenvalue weighted by Gasteiger charge is -2.44. The van der Waals surface area contributed by atoms with Crippen LogP contribution in [0.2, 0.25) is 0 Å². The molecule has 134 valence electrons. The molecular formula is C13H20F3NO5S. The van der Waals surface area contributed by atoms with Crippen molar-refractivity contribution in [2.45, 2.75) is 45.2 Å². The molecule has 0 bridgehead atoms. The smallest absolute Gasteiger partial charge is 0.465 e. The molecule has 0 aliphatic carbocycles. The van der Waals surface area contributed by atoms with Crippen LogP contribution in [0.4, 0.5) is 18.0 Å². The molecule has 0 saturated carbocycles. The van der Waals surface area contributed by atoms with Gasteiger partial charge in [0.05, 0.1) is 0 Å². The summed E-state index contributed by atoms with van der Waals surface area (Å²) in [5, 5.41) is 9.22. The number of piperidine rings is 1. The predicted octanol–water partition coefficient (Wildman–Crippen LogP) is 3.17. The number of nitrogens with zero attached hydrogens (tertiary/aromatic N) is 1. The van der Waals surface area contributed by atoms with Gasteiger partial charge in [-0.25, -0.2) is 4.79 Å². The number of likely N-dealkylation sites (tertiary alicyclic amines) is 1. The average Bonchev–Trinajstić information content (AvgIpc) is 2.34. The summed E-state index contributed by atoms with van der Waals surface area (Å²) in [5.74, 6) is -1.19. The van der Waals surface area contributed by atoms with E-state index in [0.29, 0.717) is 0 Å². The Morgan fingerprint density at radius 2 is 1.83 bits per heavy atom. The van der Waals surface area contributed by atoms with Crippen LogP contribution in [0.3, 0.4) is 0 Å². The van der Waals surface area contributed by atoms with Crippen LogP contribution in [0.1, 0.15) is 33.6 Å². The Morgan fingerprint density at radius 3 is 2.22 bits per heavy atom. The zero-order valence-corrected chi connectivity index (χ0v) is 13.9. The molecule has 6 nitrogen and oxygen atoms in total. The van der Waals surface area contributed by atoms with Crippen molar-refractivity contribution in [3.05, 3.63) is 12.3 Å².